The van der Waals surface area contributed by atoms with Gasteiger partial charge in [0.1, 0.15) is 11.6 Å². The summed E-state index contributed by atoms with van der Waals surface area (Å²) in [7, 11) is 0. The minimum Gasteiger partial charge on any atom is -0.488 e. The van der Waals surface area contributed by atoms with Crippen molar-refractivity contribution >= 4 is 29.9 Å². The van der Waals surface area contributed by atoms with E-state index in [1.54, 1.807) is 12.1 Å². The zero-order valence-electron chi connectivity index (χ0n) is 20.6. The predicted molar refractivity (Wildman–Crippen MR) is 136 cm³/mol. The molecule has 2 aliphatic carbocycles. The third-order valence-electron chi connectivity index (χ3n) is 7.77. The maximum Gasteiger partial charge on any atom is 0.247 e. The first-order chi connectivity index (χ1) is 16.5. The Morgan fingerprint density at radius 1 is 1.00 bits per heavy atom. The first-order valence-corrected chi connectivity index (χ1v) is 13.0. The Morgan fingerprint density at radius 2 is 1.71 bits per heavy atom. The highest BCUT2D eigenvalue weighted by atomic mass is 35.5. The normalized spacial score (nSPS) is 25.9. The molecule has 1 aromatic rings. The molecule has 0 bridgehead atoms. The van der Waals surface area contributed by atoms with E-state index in [9.17, 15) is 14.0 Å². The molecule has 35 heavy (non-hydrogen) atoms. The molecule has 2 atom stereocenters. The van der Waals surface area contributed by atoms with Crippen LogP contribution in [0, 0.1) is 11.7 Å². The van der Waals surface area contributed by atoms with Crippen molar-refractivity contribution in [3.63, 3.8) is 0 Å². The number of anilines is 1. The molecule has 0 aromatic heterocycles. The van der Waals surface area contributed by atoms with E-state index in [0.717, 1.165) is 76.3 Å². The number of hydrogen-bond acceptors (Lipinski definition) is 6. The summed E-state index contributed by atoms with van der Waals surface area (Å²) in [6, 6.07) is 4.90. The molecule has 1 aromatic carbocycles. The fraction of sp³-hybridized carbons (Fsp3) is 0.692. The molecule has 2 saturated heterocycles. The molecule has 5 rings (SSSR count). The van der Waals surface area contributed by atoms with Crippen molar-refractivity contribution in [3.8, 4) is 5.75 Å². The topological polar surface area (TPSA) is 65.1 Å². The largest absolute Gasteiger partial charge is 0.488 e. The third-order valence-corrected chi connectivity index (χ3v) is 7.77. The number of nitrogens with zero attached hydrogens (tertiary/aromatic N) is 3. The summed E-state index contributed by atoms with van der Waals surface area (Å²) < 4.78 is 20.3. The Labute approximate surface area is 213 Å². The Hall–Kier alpha value is -1.90. The van der Waals surface area contributed by atoms with E-state index in [-0.39, 0.29) is 48.1 Å². The molecule has 2 saturated carbocycles. The Balaban J connectivity index is 0.00000289. The number of benzene rings is 1. The van der Waals surface area contributed by atoms with E-state index >= 15 is 0 Å². The number of hydrogen-bond donors (Lipinski definition) is 1. The molecule has 0 spiro atoms. The van der Waals surface area contributed by atoms with Crippen LogP contribution in [0.3, 0.4) is 0 Å². The lowest BCUT2D eigenvalue weighted by molar-refractivity contribution is -0.139. The number of imide groups is 1. The summed E-state index contributed by atoms with van der Waals surface area (Å²) in [5, 5.41) is 3.34. The number of ether oxygens (including phenoxy) is 1. The molecule has 9 heteroatoms. The van der Waals surface area contributed by atoms with E-state index in [1.807, 2.05) is 6.92 Å². The van der Waals surface area contributed by atoms with Crippen LogP contribution in [-0.2, 0) is 9.59 Å². The van der Waals surface area contributed by atoms with Crippen molar-refractivity contribution in [2.24, 2.45) is 5.92 Å². The van der Waals surface area contributed by atoms with Crippen molar-refractivity contribution < 1.29 is 18.7 Å². The lowest BCUT2D eigenvalue weighted by Gasteiger charge is -2.37. The minimum absolute atomic E-state index is 0. The number of halogens is 2. The lowest BCUT2D eigenvalue weighted by Crippen LogP contribution is -2.47. The average molecular weight is 509 g/mol. The number of amides is 2. The van der Waals surface area contributed by atoms with Crippen LogP contribution in [0.4, 0.5) is 10.1 Å². The third kappa shape index (κ3) is 6.09. The van der Waals surface area contributed by atoms with E-state index in [0.29, 0.717) is 12.6 Å². The average Bonchev–Trinajstić information content (AvgIpc) is 3.48. The van der Waals surface area contributed by atoms with Crippen molar-refractivity contribution in [3.05, 3.63) is 24.0 Å². The fourth-order valence-corrected chi connectivity index (χ4v) is 5.51. The van der Waals surface area contributed by atoms with Crippen LogP contribution >= 0.6 is 12.4 Å². The maximum absolute atomic E-state index is 14.0. The zero-order chi connectivity index (χ0) is 23.7. The van der Waals surface area contributed by atoms with Gasteiger partial charge in [-0.25, -0.2) is 4.39 Å². The fourth-order valence-electron chi connectivity index (χ4n) is 5.51. The number of rotatable bonds is 9. The van der Waals surface area contributed by atoms with E-state index in [4.69, 9.17) is 4.74 Å². The number of carbonyl (C=O) groups excluding carboxylic acids is 2. The van der Waals surface area contributed by atoms with Crippen molar-refractivity contribution in [1.29, 1.82) is 0 Å². The molecule has 4 aliphatic rings. The van der Waals surface area contributed by atoms with Crippen LogP contribution in [-0.4, -0.2) is 79.1 Å². The van der Waals surface area contributed by atoms with Crippen LogP contribution in [0.15, 0.2) is 18.2 Å². The van der Waals surface area contributed by atoms with Crippen molar-refractivity contribution in [2.75, 3.05) is 44.2 Å². The lowest BCUT2D eigenvalue weighted by atomic mass is 10.1. The van der Waals surface area contributed by atoms with Gasteiger partial charge in [-0.1, -0.05) is 6.92 Å². The summed E-state index contributed by atoms with van der Waals surface area (Å²) >= 11 is 0. The van der Waals surface area contributed by atoms with Gasteiger partial charge in [0.25, 0.3) is 0 Å². The minimum atomic E-state index is -0.351. The highest BCUT2D eigenvalue weighted by molar-refractivity contribution is 6.06. The Bertz CT molecular complexity index is 901. The van der Waals surface area contributed by atoms with Crippen LogP contribution in [0.2, 0.25) is 0 Å². The maximum atomic E-state index is 14.0. The second-order valence-electron chi connectivity index (χ2n) is 10.4. The highest BCUT2D eigenvalue weighted by Gasteiger charge is 2.46. The SMILES string of the molecule is CC1C(=O)N(CCCN2CCN(c3cc(F)ccc3OC3CCCC3)CC2)C(=O)C1NC1CC1.Cl. The Morgan fingerprint density at radius 3 is 2.40 bits per heavy atom. The smallest absolute Gasteiger partial charge is 0.247 e. The van der Waals surface area contributed by atoms with Crippen LogP contribution in [0.1, 0.15) is 51.9 Å². The molecule has 2 amide bonds. The van der Waals surface area contributed by atoms with Gasteiger partial charge in [-0.15, -0.1) is 12.4 Å². The summed E-state index contributed by atoms with van der Waals surface area (Å²) in [4.78, 5) is 31.4. The second kappa shape index (κ2) is 11.4. The quantitative estimate of drug-likeness (QED) is 0.517. The van der Waals surface area contributed by atoms with Gasteiger partial charge < -0.3 is 15.0 Å². The standard InChI is InChI=1S/C26H37FN4O3.ClH/c1-18-24(28-20-8-9-20)26(33)31(25(18)32)12-4-11-29-13-15-30(16-14-29)22-17-19(27)7-10-23(22)34-21-5-2-3-6-21;/h7,10,17-18,20-21,24,28H,2-6,8-9,11-16H2,1H3;1H. The summed E-state index contributed by atoms with van der Waals surface area (Å²) in [5.74, 6) is 0.170. The van der Waals surface area contributed by atoms with Crippen LogP contribution < -0.4 is 15.0 Å². The van der Waals surface area contributed by atoms with Gasteiger partial charge in [0, 0.05) is 44.8 Å². The molecule has 2 unspecified atom stereocenters. The van der Waals surface area contributed by atoms with Crippen LogP contribution in [0.5, 0.6) is 5.75 Å². The molecular weight excluding hydrogens is 471 g/mol. The molecule has 2 heterocycles. The molecule has 0 radical (unpaired) electrons. The molecular formula is C26H38ClFN4O3. The van der Waals surface area contributed by atoms with E-state index < -0.39 is 0 Å². The van der Waals surface area contributed by atoms with E-state index in [1.165, 1.54) is 23.8 Å². The molecule has 2 aliphatic heterocycles. The summed E-state index contributed by atoms with van der Waals surface area (Å²) in [6.45, 7) is 6.51. The van der Waals surface area contributed by atoms with Gasteiger partial charge in [-0.05, 0) is 63.6 Å². The van der Waals surface area contributed by atoms with Gasteiger partial charge in [0.2, 0.25) is 11.8 Å². The van der Waals surface area contributed by atoms with Gasteiger partial charge in [0.15, 0.2) is 0 Å². The zero-order valence-corrected chi connectivity index (χ0v) is 21.4. The molecule has 4 fully saturated rings. The Kier molecular flexibility index (Phi) is 8.55. The second-order valence-corrected chi connectivity index (χ2v) is 10.4. The number of nitrogens with one attached hydrogen (secondary N) is 1. The predicted octanol–water partition coefficient (Wildman–Crippen LogP) is 3.21. The molecule has 1 N–H and O–H groups in total. The van der Waals surface area contributed by atoms with Crippen molar-refractivity contribution in [2.45, 2.75) is 70.1 Å². The van der Waals surface area contributed by atoms with E-state index in [2.05, 4.69) is 15.1 Å². The first kappa shape index (κ1) is 26.2. The molecule has 194 valence electrons. The number of carbonyl (C=O) groups is 2. The van der Waals surface area contributed by atoms with Crippen LogP contribution in [0.25, 0.3) is 0 Å². The van der Waals surface area contributed by atoms with Gasteiger partial charge in [0.05, 0.1) is 23.8 Å². The monoisotopic (exact) mass is 508 g/mol. The summed E-state index contributed by atoms with van der Waals surface area (Å²) in [6.07, 6.45) is 7.75. The first-order valence-electron chi connectivity index (χ1n) is 13.0. The van der Waals surface area contributed by atoms with Crippen molar-refractivity contribution in [1.82, 2.24) is 15.1 Å². The number of likely N-dealkylation sites (tertiary alicyclic amines) is 1. The van der Waals surface area contributed by atoms with Gasteiger partial charge in [-0.3, -0.25) is 19.4 Å². The summed E-state index contributed by atoms with van der Waals surface area (Å²) in [5.41, 5.74) is 0.850. The molecule has 7 nitrogen and oxygen atoms in total. The van der Waals surface area contributed by atoms with Gasteiger partial charge >= 0.3 is 0 Å². The van der Waals surface area contributed by atoms with Gasteiger partial charge in [-0.2, -0.15) is 0 Å². The highest BCUT2D eigenvalue weighted by Crippen LogP contribution is 2.34. The number of piperazine rings is 1.